The van der Waals surface area contributed by atoms with Gasteiger partial charge in [-0.3, -0.25) is 0 Å². The van der Waals surface area contributed by atoms with Gasteiger partial charge in [0.15, 0.2) is 0 Å². The van der Waals surface area contributed by atoms with E-state index in [9.17, 15) is 0 Å². The van der Waals surface area contributed by atoms with E-state index in [0.29, 0.717) is 5.92 Å². The van der Waals surface area contributed by atoms with Crippen molar-refractivity contribution in [3.63, 3.8) is 0 Å². The van der Waals surface area contributed by atoms with Gasteiger partial charge in [-0.25, -0.2) is 0 Å². The molecule has 3 aromatic rings. The molecule has 0 amide bonds. The molecule has 0 aliphatic heterocycles. The van der Waals surface area contributed by atoms with E-state index in [1.54, 1.807) is 0 Å². The summed E-state index contributed by atoms with van der Waals surface area (Å²) < 4.78 is 0. The highest BCUT2D eigenvalue weighted by atomic mass is 14.6. The summed E-state index contributed by atoms with van der Waals surface area (Å²) in [6.07, 6.45) is 2.21. The summed E-state index contributed by atoms with van der Waals surface area (Å²) in [5, 5.41) is 5.21. The minimum absolute atomic E-state index is 0.113. The molecule has 0 saturated carbocycles. The van der Waals surface area contributed by atoms with Crippen LogP contribution >= 0.6 is 0 Å². The van der Waals surface area contributed by atoms with Crippen LogP contribution in [0.5, 0.6) is 0 Å². The van der Waals surface area contributed by atoms with Gasteiger partial charge in [0.2, 0.25) is 0 Å². The predicted molar refractivity (Wildman–Crippen MR) is 92.5 cm³/mol. The van der Waals surface area contributed by atoms with Crippen molar-refractivity contribution >= 4 is 21.5 Å². The summed E-state index contributed by atoms with van der Waals surface area (Å²) in [5.41, 5.74) is 7.78. The topological polar surface area (TPSA) is 26.0 Å². The maximum atomic E-state index is 6.50. The lowest BCUT2D eigenvalue weighted by molar-refractivity contribution is 0.509. The molecule has 0 bridgehead atoms. The molecule has 2 N–H and O–H groups in total. The van der Waals surface area contributed by atoms with Gasteiger partial charge in [0.25, 0.3) is 0 Å². The Bertz CT molecular complexity index is 758. The monoisotopic (exact) mass is 277 g/mol. The Balaban J connectivity index is 2.16. The summed E-state index contributed by atoms with van der Waals surface area (Å²) in [7, 11) is 0. The Morgan fingerprint density at radius 3 is 2.14 bits per heavy atom. The van der Waals surface area contributed by atoms with Gasteiger partial charge in [-0.15, -0.1) is 0 Å². The summed E-state index contributed by atoms with van der Waals surface area (Å²) in [4.78, 5) is 0. The lowest BCUT2D eigenvalue weighted by Crippen LogP contribution is -2.11. The fourth-order valence-corrected chi connectivity index (χ4v) is 3.06. The lowest BCUT2D eigenvalue weighted by atomic mass is 9.91. The molecule has 3 rings (SSSR count). The van der Waals surface area contributed by atoms with Gasteiger partial charge in [-0.05, 0) is 51.9 Å². The smallest absolute Gasteiger partial charge is 0.0301 e. The molecule has 0 unspecified atom stereocenters. The third kappa shape index (κ3) is 2.79. The van der Waals surface area contributed by atoms with E-state index in [0.717, 1.165) is 6.42 Å². The Morgan fingerprint density at radius 1 is 0.810 bits per heavy atom. The zero-order valence-corrected chi connectivity index (χ0v) is 12.8. The molecule has 0 spiro atoms. The van der Waals surface area contributed by atoms with E-state index >= 15 is 0 Å². The van der Waals surface area contributed by atoms with Crippen LogP contribution < -0.4 is 5.73 Å². The van der Waals surface area contributed by atoms with Crippen molar-refractivity contribution in [2.24, 2.45) is 11.7 Å². The van der Waals surface area contributed by atoms with E-state index in [1.165, 1.54) is 33.5 Å². The van der Waals surface area contributed by atoms with Crippen LogP contribution in [0.15, 0.2) is 54.6 Å². The first-order chi connectivity index (χ1) is 10.2. The zero-order chi connectivity index (χ0) is 14.8. The second-order valence-electron chi connectivity index (χ2n) is 6.31. The number of hydrogen-bond donors (Lipinski definition) is 1. The highest BCUT2D eigenvalue weighted by molar-refractivity contribution is 6.09. The molecule has 0 aliphatic carbocycles. The molecule has 0 saturated heterocycles. The van der Waals surface area contributed by atoms with Crippen molar-refractivity contribution in [3.8, 4) is 0 Å². The molecule has 0 aromatic heterocycles. The minimum Gasteiger partial charge on any atom is -0.324 e. The van der Waals surface area contributed by atoms with Crippen molar-refractivity contribution < 1.29 is 0 Å². The Labute approximate surface area is 126 Å². The van der Waals surface area contributed by atoms with E-state index < -0.39 is 0 Å². The number of fused-ring (bicyclic) bond motifs is 3. The quantitative estimate of drug-likeness (QED) is 0.632. The van der Waals surface area contributed by atoms with Crippen LogP contribution in [-0.4, -0.2) is 0 Å². The van der Waals surface area contributed by atoms with Gasteiger partial charge in [-0.2, -0.15) is 0 Å². The molecule has 21 heavy (non-hydrogen) atoms. The van der Waals surface area contributed by atoms with Crippen LogP contribution in [0.2, 0.25) is 0 Å². The molecule has 1 heteroatoms. The second-order valence-corrected chi connectivity index (χ2v) is 6.31. The summed E-state index contributed by atoms with van der Waals surface area (Å²) >= 11 is 0. The van der Waals surface area contributed by atoms with Gasteiger partial charge >= 0.3 is 0 Å². The number of rotatable bonds is 4. The fourth-order valence-electron chi connectivity index (χ4n) is 3.06. The maximum Gasteiger partial charge on any atom is 0.0301 e. The van der Waals surface area contributed by atoms with E-state index in [-0.39, 0.29) is 6.04 Å². The first-order valence-electron chi connectivity index (χ1n) is 7.83. The third-order valence-corrected chi connectivity index (χ3v) is 4.25. The van der Waals surface area contributed by atoms with Crippen molar-refractivity contribution in [2.45, 2.75) is 32.7 Å². The third-order valence-electron chi connectivity index (χ3n) is 4.25. The average molecular weight is 277 g/mol. The van der Waals surface area contributed by atoms with E-state index in [4.69, 9.17) is 5.73 Å². The molecule has 1 nitrogen and oxygen atoms in total. The van der Waals surface area contributed by atoms with Crippen LogP contribution in [0.1, 0.15) is 38.3 Å². The van der Waals surface area contributed by atoms with Crippen molar-refractivity contribution in [1.29, 1.82) is 0 Å². The summed E-state index contributed by atoms with van der Waals surface area (Å²) in [5.74, 6) is 0.697. The molecule has 0 heterocycles. The summed E-state index contributed by atoms with van der Waals surface area (Å²) in [6.45, 7) is 4.51. The number of nitrogens with two attached hydrogens (primary N) is 1. The SMILES string of the molecule is CC(C)CC[C@@H](N)c1cc2ccccc2c2ccccc12. The minimum atomic E-state index is 0.113. The Hall–Kier alpha value is -1.86. The summed E-state index contributed by atoms with van der Waals surface area (Å²) in [6, 6.07) is 19.6. The van der Waals surface area contributed by atoms with Gasteiger partial charge in [-0.1, -0.05) is 62.4 Å². The van der Waals surface area contributed by atoms with Crippen LogP contribution in [0, 0.1) is 5.92 Å². The molecular weight excluding hydrogens is 254 g/mol. The van der Waals surface area contributed by atoms with Crippen molar-refractivity contribution in [2.75, 3.05) is 0 Å². The molecular formula is C20H23N. The molecule has 3 aromatic carbocycles. The first kappa shape index (κ1) is 14.1. The number of benzene rings is 3. The van der Waals surface area contributed by atoms with Gasteiger partial charge in [0.05, 0.1) is 0 Å². The van der Waals surface area contributed by atoms with Crippen LogP contribution in [-0.2, 0) is 0 Å². The highest BCUT2D eigenvalue weighted by Gasteiger charge is 2.13. The molecule has 0 aliphatic rings. The standard InChI is InChI=1S/C20H23N/c1-14(2)11-12-20(21)19-13-15-7-3-4-8-16(15)17-9-5-6-10-18(17)19/h3-10,13-14,20H,11-12,21H2,1-2H3/t20-/m1/s1. The zero-order valence-electron chi connectivity index (χ0n) is 12.8. The second kappa shape index (κ2) is 5.87. The average Bonchev–Trinajstić information content (AvgIpc) is 2.51. The highest BCUT2D eigenvalue weighted by Crippen LogP contribution is 2.32. The first-order valence-corrected chi connectivity index (χ1v) is 7.83. The van der Waals surface area contributed by atoms with Gasteiger partial charge < -0.3 is 5.73 Å². The normalized spacial score (nSPS) is 13.1. The fraction of sp³-hybridized carbons (Fsp3) is 0.300. The molecule has 0 fully saturated rings. The van der Waals surface area contributed by atoms with Crippen LogP contribution in [0.4, 0.5) is 0 Å². The molecule has 1 atom stereocenters. The predicted octanol–water partition coefficient (Wildman–Crippen LogP) is 5.43. The maximum absolute atomic E-state index is 6.50. The van der Waals surface area contributed by atoms with Crippen LogP contribution in [0.25, 0.3) is 21.5 Å². The Morgan fingerprint density at radius 2 is 1.43 bits per heavy atom. The largest absolute Gasteiger partial charge is 0.324 e. The van der Waals surface area contributed by atoms with E-state index in [1.807, 2.05) is 0 Å². The van der Waals surface area contributed by atoms with E-state index in [2.05, 4.69) is 68.4 Å². The number of hydrogen-bond acceptors (Lipinski definition) is 1. The molecule has 108 valence electrons. The van der Waals surface area contributed by atoms with Crippen molar-refractivity contribution in [3.05, 3.63) is 60.2 Å². The van der Waals surface area contributed by atoms with Crippen LogP contribution in [0.3, 0.4) is 0 Å². The molecule has 0 radical (unpaired) electrons. The lowest BCUT2D eigenvalue weighted by Gasteiger charge is -2.17. The Kier molecular flexibility index (Phi) is 3.94. The van der Waals surface area contributed by atoms with Gasteiger partial charge in [0.1, 0.15) is 0 Å². The van der Waals surface area contributed by atoms with Gasteiger partial charge in [0, 0.05) is 6.04 Å². The van der Waals surface area contributed by atoms with Crippen molar-refractivity contribution in [1.82, 2.24) is 0 Å².